The third-order valence-corrected chi connectivity index (χ3v) is 4.00. The minimum Gasteiger partial charge on any atom is -0.497 e. The van der Waals surface area contributed by atoms with E-state index in [1.54, 1.807) is 31.4 Å². The summed E-state index contributed by atoms with van der Waals surface area (Å²) < 4.78 is 20.1. The lowest BCUT2D eigenvalue weighted by molar-refractivity contribution is -0.162. The van der Waals surface area contributed by atoms with E-state index in [2.05, 4.69) is 0 Å². The molecule has 6 nitrogen and oxygen atoms in total. The van der Waals surface area contributed by atoms with Crippen molar-refractivity contribution in [1.82, 2.24) is 0 Å². The van der Waals surface area contributed by atoms with Gasteiger partial charge in [-0.05, 0) is 43.0 Å². The monoisotopic (exact) mass is 308 g/mol. The van der Waals surface area contributed by atoms with Crippen LogP contribution in [-0.4, -0.2) is 39.9 Å². The Kier molecular flexibility index (Phi) is 4.90. The normalized spacial score (nSPS) is 18.2. The minimum atomic E-state index is -1.15. The summed E-state index contributed by atoms with van der Waals surface area (Å²) in [5.41, 5.74) is -1.15. The van der Waals surface area contributed by atoms with E-state index in [1.807, 2.05) is 0 Å². The zero-order valence-electron chi connectivity index (χ0n) is 13.0. The first-order chi connectivity index (χ1) is 10.6. The first-order valence-electron chi connectivity index (χ1n) is 7.02. The standard InChI is InChI=1S/C16H20O6/c1-19-12-4-6-13(7-5-12)22-9-8-11-10-16(11,14(17)20-2)15(18)21-3/h4-7,11H,8-10H2,1-3H3/t11-/m0/s1. The van der Waals surface area contributed by atoms with Crippen LogP contribution in [0.25, 0.3) is 0 Å². The Labute approximate surface area is 129 Å². The van der Waals surface area contributed by atoms with Crippen LogP contribution in [0.4, 0.5) is 0 Å². The third kappa shape index (κ3) is 3.00. The van der Waals surface area contributed by atoms with Crippen molar-refractivity contribution >= 4 is 11.9 Å². The van der Waals surface area contributed by atoms with Crippen LogP contribution in [0.15, 0.2) is 24.3 Å². The third-order valence-electron chi connectivity index (χ3n) is 4.00. The second kappa shape index (κ2) is 6.68. The molecule has 1 fully saturated rings. The largest absolute Gasteiger partial charge is 0.497 e. The van der Waals surface area contributed by atoms with Gasteiger partial charge in [-0.1, -0.05) is 0 Å². The fourth-order valence-electron chi connectivity index (χ4n) is 2.62. The second-order valence-corrected chi connectivity index (χ2v) is 5.17. The zero-order chi connectivity index (χ0) is 16.2. The molecule has 0 amide bonds. The first-order valence-corrected chi connectivity index (χ1v) is 7.02. The van der Waals surface area contributed by atoms with Gasteiger partial charge in [-0.15, -0.1) is 0 Å². The molecule has 0 heterocycles. The van der Waals surface area contributed by atoms with E-state index >= 15 is 0 Å². The number of benzene rings is 1. The molecule has 1 aliphatic rings. The Hall–Kier alpha value is -2.24. The number of hydrogen-bond acceptors (Lipinski definition) is 6. The Morgan fingerprint density at radius 2 is 1.59 bits per heavy atom. The van der Waals surface area contributed by atoms with Crippen LogP contribution in [0.5, 0.6) is 11.5 Å². The maximum atomic E-state index is 11.8. The number of ether oxygens (including phenoxy) is 4. The summed E-state index contributed by atoms with van der Waals surface area (Å²) in [5, 5.41) is 0. The average molecular weight is 308 g/mol. The van der Waals surface area contributed by atoms with Crippen LogP contribution in [0, 0.1) is 11.3 Å². The van der Waals surface area contributed by atoms with Gasteiger partial charge in [0, 0.05) is 0 Å². The van der Waals surface area contributed by atoms with Gasteiger partial charge in [0.15, 0.2) is 5.41 Å². The molecule has 0 radical (unpaired) electrons. The van der Waals surface area contributed by atoms with E-state index in [0.717, 1.165) is 5.75 Å². The van der Waals surface area contributed by atoms with Crippen LogP contribution >= 0.6 is 0 Å². The van der Waals surface area contributed by atoms with Crippen molar-refractivity contribution in [1.29, 1.82) is 0 Å². The first kappa shape index (κ1) is 16.1. The number of hydrogen-bond donors (Lipinski definition) is 0. The highest BCUT2D eigenvalue weighted by atomic mass is 16.5. The molecule has 22 heavy (non-hydrogen) atoms. The molecule has 0 bridgehead atoms. The van der Waals surface area contributed by atoms with Gasteiger partial charge in [-0.3, -0.25) is 9.59 Å². The fourth-order valence-corrected chi connectivity index (χ4v) is 2.62. The van der Waals surface area contributed by atoms with Crippen molar-refractivity contribution in [2.24, 2.45) is 11.3 Å². The molecule has 1 aromatic rings. The molecule has 1 saturated carbocycles. The van der Waals surface area contributed by atoms with Crippen molar-refractivity contribution in [3.05, 3.63) is 24.3 Å². The predicted octanol–water partition coefficient (Wildman–Crippen LogP) is 1.82. The number of rotatable bonds is 7. The quantitative estimate of drug-likeness (QED) is 0.565. The summed E-state index contributed by atoms with van der Waals surface area (Å²) in [7, 11) is 4.15. The van der Waals surface area contributed by atoms with Gasteiger partial charge in [0.25, 0.3) is 0 Å². The molecule has 120 valence electrons. The smallest absolute Gasteiger partial charge is 0.323 e. The SMILES string of the molecule is COC(=O)C1(C(=O)OC)C[C@@H]1CCOc1ccc(OC)cc1. The molecule has 1 aliphatic carbocycles. The summed E-state index contributed by atoms with van der Waals surface area (Å²) in [6.45, 7) is 0.409. The van der Waals surface area contributed by atoms with E-state index in [4.69, 9.17) is 18.9 Å². The number of carbonyl (C=O) groups is 2. The molecule has 0 N–H and O–H groups in total. The van der Waals surface area contributed by atoms with Gasteiger partial charge in [0.05, 0.1) is 27.9 Å². The molecular weight excluding hydrogens is 288 g/mol. The topological polar surface area (TPSA) is 71.1 Å². The van der Waals surface area contributed by atoms with E-state index in [-0.39, 0.29) is 5.92 Å². The van der Waals surface area contributed by atoms with Crippen LogP contribution in [0.3, 0.4) is 0 Å². The predicted molar refractivity (Wildman–Crippen MR) is 77.7 cm³/mol. The van der Waals surface area contributed by atoms with E-state index in [9.17, 15) is 9.59 Å². The minimum absolute atomic E-state index is 0.106. The molecule has 0 spiro atoms. The summed E-state index contributed by atoms with van der Waals surface area (Å²) in [6.07, 6.45) is 1.02. The number of methoxy groups -OCH3 is 3. The molecule has 0 aliphatic heterocycles. The Morgan fingerprint density at radius 1 is 1.05 bits per heavy atom. The van der Waals surface area contributed by atoms with Crippen molar-refractivity contribution in [2.75, 3.05) is 27.9 Å². The highest BCUT2D eigenvalue weighted by Crippen LogP contribution is 2.56. The highest BCUT2D eigenvalue weighted by Gasteiger charge is 2.67. The van der Waals surface area contributed by atoms with Crippen LogP contribution in [0.2, 0.25) is 0 Å². The Balaban J connectivity index is 1.87. The molecule has 0 saturated heterocycles. The second-order valence-electron chi connectivity index (χ2n) is 5.17. The fraction of sp³-hybridized carbons (Fsp3) is 0.500. The van der Waals surface area contributed by atoms with Gasteiger partial charge in [0.2, 0.25) is 0 Å². The lowest BCUT2D eigenvalue weighted by Crippen LogP contribution is -2.30. The highest BCUT2D eigenvalue weighted by molar-refractivity contribution is 6.03. The van der Waals surface area contributed by atoms with E-state index < -0.39 is 17.4 Å². The molecule has 1 aromatic carbocycles. The lowest BCUT2D eigenvalue weighted by Gasteiger charge is -2.12. The average Bonchev–Trinajstić information content (AvgIpc) is 3.29. The molecule has 2 rings (SSSR count). The summed E-state index contributed by atoms with van der Waals surface area (Å²) in [6, 6.07) is 7.22. The van der Waals surface area contributed by atoms with Crippen molar-refractivity contribution in [2.45, 2.75) is 12.8 Å². The molecule has 0 unspecified atom stereocenters. The summed E-state index contributed by atoms with van der Waals surface area (Å²) in [4.78, 5) is 23.7. The van der Waals surface area contributed by atoms with Crippen molar-refractivity contribution in [3.8, 4) is 11.5 Å². The van der Waals surface area contributed by atoms with Crippen LogP contribution in [0.1, 0.15) is 12.8 Å². The van der Waals surface area contributed by atoms with E-state index in [1.165, 1.54) is 14.2 Å². The summed E-state index contributed by atoms with van der Waals surface area (Å²) in [5.74, 6) is 0.293. The van der Waals surface area contributed by atoms with Gasteiger partial charge in [-0.2, -0.15) is 0 Å². The van der Waals surface area contributed by atoms with Crippen LogP contribution in [-0.2, 0) is 19.1 Å². The van der Waals surface area contributed by atoms with Gasteiger partial charge in [-0.25, -0.2) is 0 Å². The Morgan fingerprint density at radius 3 is 2.09 bits per heavy atom. The maximum absolute atomic E-state index is 11.8. The van der Waals surface area contributed by atoms with Gasteiger partial charge in [0.1, 0.15) is 11.5 Å². The Bertz CT molecular complexity index is 520. The van der Waals surface area contributed by atoms with Crippen molar-refractivity contribution in [3.63, 3.8) is 0 Å². The number of carbonyl (C=O) groups excluding carboxylic acids is 2. The van der Waals surface area contributed by atoms with Gasteiger partial charge >= 0.3 is 11.9 Å². The van der Waals surface area contributed by atoms with Crippen molar-refractivity contribution < 1.29 is 28.5 Å². The zero-order valence-corrected chi connectivity index (χ0v) is 13.0. The summed E-state index contributed by atoms with van der Waals surface area (Å²) >= 11 is 0. The lowest BCUT2D eigenvalue weighted by atomic mass is 10.0. The van der Waals surface area contributed by atoms with Crippen LogP contribution < -0.4 is 9.47 Å². The molecule has 6 heteroatoms. The number of esters is 2. The molecule has 1 atom stereocenters. The van der Waals surface area contributed by atoms with Gasteiger partial charge < -0.3 is 18.9 Å². The van der Waals surface area contributed by atoms with E-state index in [0.29, 0.717) is 25.2 Å². The molecule has 0 aromatic heterocycles. The molecular formula is C16H20O6. The maximum Gasteiger partial charge on any atom is 0.323 e.